The van der Waals surface area contributed by atoms with Gasteiger partial charge in [0.15, 0.2) is 0 Å². The van der Waals surface area contributed by atoms with Gasteiger partial charge in [-0.1, -0.05) is 152 Å². The SMILES string of the molecule is c1ccc(-c2ccc(-c3ccc4c5ccc(-c6cccc7c6oc6ccccc67)cc5n(-c5ccc(N(c6ccccc6)c6ccccc6)cc5)c4c3)cc2)cc1. The lowest BCUT2D eigenvalue weighted by atomic mass is 9.99. The molecule has 2 heterocycles. The normalized spacial score (nSPS) is 11.5. The van der Waals surface area contributed by atoms with Gasteiger partial charge in [-0.3, -0.25) is 0 Å². The van der Waals surface area contributed by atoms with Crippen molar-refractivity contribution in [2.75, 3.05) is 4.90 Å². The van der Waals surface area contributed by atoms with Crippen LogP contribution in [0.3, 0.4) is 0 Å². The number of furan rings is 1. The monoisotopic (exact) mass is 728 g/mol. The molecule has 0 aliphatic heterocycles. The zero-order chi connectivity index (χ0) is 37.7. The zero-order valence-electron chi connectivity index (χ0n) is 31.1. The van der Waals surface area contributed by atoms with Crippen molar-refractivity contribution in [1.29, 1.82) is 0 Å². The van der Waals surface area contributed by atoms with E-state index in [1.165, 1.54) is 33.0 Å². The summed E-state index contributed by atoms with van der Waals surface area (Å²) in [7, 11) is 0. The Bertz CT molecular complexity index is 3160. The first kappa shape index (κ1) is 32.8. The van der Waals surface area contributed by atoms with E-state index in [-0.39, 0.29) is 0 Å². The molecular formula is C54H36N2O. The van der Waals surface area contributed by atoms with Gasteiger partial charge < -0.3 is 13.9 Å². The van der Waals surface area contributed by atoms with E-state index in [0.717, 1.165) is 66.8 Å². The van der Waals surface area contributed by atoms with Crippen LogP contribution in [-0.2, 0) is 0 Å². The molecule has 3 heteroatoms. The fourth-order valence-electron chi connectivity index (χ4n) is 8.46. The molecule has 0 aliphatic carbocycles. The summed E-state index contributed by atoms with van der Waals surface area (Å²) in [5.74, 6) is 0. The molecular weight excluding hydrogens is 693 g/mol. The van der Waals surface area contributed by atoms with E-state index in [9.17, 15) is 0 Å². The molecule has 0 fully saturated rings. The van der Waals surface area contributed by atoms with Crippen molar-refractivity contribution in [1.82, 2.24) is 4.57 Å². The van der Waals surface area contributed by atoms with E-state index in [0.29, 0.717) is 0 Å². The lowest BCUT2D eigenvalue weighted by Gasteiger charge is -2.25. The van der Waals surface area contributed by atoms with E-state index in [4.69, 9.17) is 4.42 Å². The third-order valence-corrected chi connectivity index (χ3v) is 11.2. The third-order valence-electron chi connectivity index (χ3n) is 11.2. The molecule has 0 aliphatic rings. The maximum absolute atomic E-state index is 6.52. The maximum atomic E-state index is 6.52. The number of benzene rings is 9. The van der Waals surface area contributed by atoms with Gasteiger partial charge in [0.1, 0.15) is 11.2 Å². The minimum Gasteiger partial charge on any atom is -0.455 e. The van der Waals surface area contributed by atoms with Crippen molar-refractivity contribution in [2.45, 2.75) is 0 Å². The summed E-state index contributed by atoms with van der Waals surface area (Å²) >= 11 is 0. The minimum absolute atomic E-state index is 0.902. The fraction of sp³-hybridized carbons (Fsp3) is 0. The Morgan fingerprint density at radius 2 is 0.825 bits per heavy atom. The standard InChI is InChI=1S/C54H36N2O/c1-4-13-37(14-5-1)38-23-25-39(26-24-38)40-27-33-47-48-34-28-41(46-20-12-21-50-49-19-10-11-22-53(49)57-54(46)50)36-52(48)56(51(47)35-40)45-31-29-44(30-32-45)55(42-15-6-2-7-16-42)43-17-8-3-9-18-43/h1-36H. The molecule has 57 heavy (non-hydrogen) atoms. The lowest BCUT2D eigenvalue weighted by Crippen LogP contribution is -2.09. The van der Waals surface area contributed by atoms with Crippen LogP contribution in [0.1, 0.15) is 0 Å². The van der Waals surface area contributed by atoms with Crippen molar-refractivity contribution < 1.29 is 4.42 Å². The molecule has 0 bridgehead atoms. The molecule has 0 saturated heterocycles. The third kappa shape index (κ3) is 5.68. The Hall–Kier alpha value is -7.62. The fourth-order valence-corrected chi connectivity index (χ4v) is 8.46. The predicted molar refractivity (Wildman–Crippen MR) is 239 cm³/mol. The first-order valence-corrected chi connectivity index (χ1v) is 19.4. The second-order valence-corrected chi connectivity index (χ2v) is 14.5. The molecule has 268 valence electrons. The summed E-state index contributed by atoms with van der Waals surface area (Å²) in [5.41, 5.74) is 15.5. The number of fused-ring (bicyclic) bond motifs is 6. The molecule has 0 spiro atoms. The molecule has 11 rings (SSSR count). The van der Waals surface area contributed by atoms with Crippen LogP contribution >= 0.6 is 0 Å². The smallest absolute Gasteiger partial charge is 0.143 e. The van der Waals surface area contributed by atoms with E-state index in [1.807, 2.05) is 12.1 Å². The van der Waals surface area contributed by atoms with Crippen LogP contribution in [0.25, 0.3) is 82.8 Å². The molecule has 0 amide bonds. The molecule has 0 unspecified atom stereocenters. The second kappa shape index (κ2) is 13.6. The summed E-state index contributed by atoms with van der Waals surface area (Å²) in [6.07, 6.45) is 0. The molecule has 0 N–H and O–H groups in total. The maximum Gasteiger partial charge on any atom is 0.143 e. The van der Waals surface area contributed by atoms with Gasteiger partial charge in [0.25, 0.3) is 0 Å². The van der Waals surface area contributed by atoms with Crippen molar-refractivity contribution in [2.24, 2.45) is 0 Å². The van der Waals surface area contributed by atoms with Gasteiger partial charge in [-0.05, 0) is 94.5 Å². The summed E-state index contributed by atoms with van der Waals surface area (Å²) in [4.78, 5) is 2.30. The molecule has 0 radical (unpaired) electrons. The number of nitrogens with zero attached hydrogens (tertiary/aromatic N) is 2. The highest BCUT2D eigenvalue weighted by atomic mass is 16.3. The highest BCUT2D eigenvalue weighted by molar-refractivity contribution is 6.13. The molecule has 3 nitrogen and oxygen atoms in total. The van der Waals surface area contributed by atoms with Gasteiger partial charge in [-0.2, -0.15) is 0 Å². The number of para-hydroxylation sites is 4. The van der Waals surface area contributed by atoms with E-state index in [1.54, 1.807) is 0 Å². The van der Waals surface area contributed by atoms with Gasteiger partial charge in [0.2, 0.25) is 0 Å². The first-order chi connectivity index (χ1) is 28.3. The van der Waals surface area contributed by atoms with Crippen molar-refractivity contribution >= 4 is 60.8 Å². The first-order valence-electron chi connectivity index (χ1n) is 19.4. The Kier molecular flexibility index (Phi) is 7.82. The van der Waals surface area contributed by atoms with Gasteiger partial charge in [0.05, 0.1) is 11.0 Å². The molecule has 9 aromatic carbocycles. The molecule has 11 aromatic rings. The van der Waals surface area contributed by atoms with Gasteiger partial charge in [-0.15, -0.1) is 0 Å². The van der Waals surface area contributed by atoms with Crippen LogP contribution in [0.5, 0.6) is 0 Å². The van der Waals surface area contributed by atoms with Crippen LogP contribution in [-0.4, -0.2) is 4.57 Å². The van der Waals surface area contributed by atoms with Crippen LogP contribution < -0.4 is 4.90 Å². The average molecular weight is 729 g/mol. The highest BCUT2D eigenvalue weighted by Crippen LogP contribution is 2.41. The quantitative estimate of drug-likeness (QED) is 0.163. The summed E-state index contributed by atoms with van der Waals surface area (Å²) in [6.45, 7) is 0. The summed E-state index contributed by atoms with van der Waals surface area (Å²) < 4.78 is 8.95. The predicted octanol–water partition coefficient (Wildman–Crippen LogP) is 15.2. The number of anilines is 3. The molecule has 0 saturated carbocycles. The lowest BCUT2D eigenvalue weighted by molar-refractivity contribution is 0.670. The van der Waals surface area contributed by atoms with E-state index in [2.05, 4.69) is 216 Å². The Morgan fingerprint density at radius 3 is 1.49 bits per heavy atom. The van der Waals surface area contributed by atoms with E-state index >= 15 is 0 Å². The largest absolute Gasteiger partial charge is 0.455 e. The molecule has 0 atom stereocenters. The topological polar surface area (TPSA) is 21.3 Å². The highest BCUT2D eigenvalue weighted by Gasteiger charge is 2.18. The number of hydrogen-bond donors (Lipinski definition) is 0. The van der Waals surface area contributed by atoms with Crippen LogP contribution in [0.4, 0.5) is 17.1 Å². The Morgan fingerprint density at radius 1 is 0.333 bits per heavy atom. The van der Waals surface area contributed by atoms with Crippen molar-refractivity contribution in [3.05, 3.63) is 218 Å². The zero-order valence-corrected chi connectivity index (χ0v) is 31.1. The van der Waals surface area contributed by atoms with Crippen LogP contribution in [0.15, 0.2) is 223 Å². The summed E-state index contributed by atoms with van der Waals surface area (Å²) in [5, 5.41) is 4.68. The van der Waals surface area contributed by atoms with Crippen LogP contribution in [0, 0.1) is 0 Å². The molecule has 2 aromatic heterocycles. The van der Waals surface area contributed by atoms with Crippen molar-refractivity contribution in [3.8, 4) is 39.1 Å². The van der Waals surface area contributed by atoms with Gasteiger partial charge in [-0.25, -0.2) is 0 Å². The van der Waals surface area contributed by atoms with Gasteiger partial charge in [0, 0.05) is 49.9 Å². The number of rotatable bonds is 7. The van der Waals surface area contributed by atoms with Crippen LogP contribution in [0.2, 0.25) is 0 Å². The van der Waals surface area contributed by atoms with E-state index < -0.39 is 0 Å². The second-order valence-electron chi connectivity index (χ2n) is 14.5. The minimum atomic E-state index is 0.902. The van der Waals surface area contributed by atoms with Gasteiger partial charge >= 0.3 is 0 Å². The van der Waals surface area contributed by atoms with Crippen molar-refractivity contribution in [3.63, 3.8) is 0 Å². The number of aromatic nitrogens is 1. The summed E-state index contributed by atoms with van der Waals surface area (Å²) in [6, 6.07) is 78.1. The number of hydrogen-bond acceptors (Lipinski definition) is 2. The Labute approximate surface area is 330 Å². The average Bonchev–Trinajstić information content (AvgIpc) is 3.83. The Balaban J connectivity index is 1.09.